The fourth-order valence-corrected chi connectivity index (χ4v) is 2.83. The van der Waals surface area contributed by atoms with E-state index in [1.807, 2.05) is 6.07 Å². The van der Waals surface area contributed by atoms with Crippen LogP contribution in [0.1, 0.15) is 5.56 Å². The quantitative estimate of drug-likeness (QED) is 0.718. The number of hydrogen-bond donors (Lipinski definition) is 0. The van der Waals surface area contributed by atoms with E-state index >= 15 is 0 Å². The number of hydrogen-bond acceptors (Lipinski definition) is 0. The zero-order valence-electron chi connectivity index (χ0n) is 6.84. The molecule has 1 rings (SSSR count). The van der Waals surface area contributed by atoms with Gasteiger partial charge in [-0.1, -0.05) is 0 Å². The Bertz CT molecular complexity index is 235. The molecule has 0 N–H and O–H groups in total. The molecule has 1 aromatic rings. The fraction of sp³-hybridized carbons (Fsp3) is 0.250. The minimum absolute atomic E-state index is 0. The maximum absolute atomic E-state index is 11.8. The Morgan fingerprint density at radius 1 is 1.08 bits per heavy atom. The van der Waals surface area contributed by atoms with Crippen LogP contribution in [0.4, 0.5) is 13.2 Å². The summed E-state index contributed by atoms with van der Waals surface area (Å²) in [6, 6.07) is 8.85. The molecular weight excluding hydrogens is 254 g/mol. The third kappa shape index (κ3) is 6.06. The molecule has 0 amide bonds. The zero-order valence-corrected chi connectivity index (χ0v) is 10.6. The van der Waals surface area contributed by atoms with Gasteiger partial charge in [0.15, 0.2) is 0 Å². The second kappa shape index (κ2) is 5.61. The monoisotopic (exact) mass is 260 g/mol. The van der Waals surface area contributed by atoms with Gasteiger partial charge in [0.05, 0.1) is 0 Å². The van der Waals surface area contributed by atoms with Crippen LogP contribution in [-0.4, -0.2) is 4.77 Å². The summed E-state index contributed by atoms with van der Waals surface area (Å²) in [6.45, 7) is 0. The Hall–Kier alpha value is -0.0766. The van der Waals surface area contributed by atoms with Gasteiger partial charge in [0, 0.05) is 0 Å². The summed E-state index contributed by atoms with van der Waals surface area (Å²) < 4.78 is 31.6. The molecule has 13 heavy (non-hydrogen) atoms. The number of alkyl halides is 3. The van der Waals surface area contributed by atoms with Gasteiger partial charge in [-0.15, -0.1) is 12.4 Å². The van der Waals surface area contributed by atoms with E-state index in [1.165, 1.54) is 0 Å². The molecule has 5 heteroatoms. The first-order valence-corrected chi connectivity index (χ1v) is 7.27. The molecule has 0 radical (unpaired) electrons. The molecule has 1 aromatic carbocycles. The normalized spacial score (nSPS) is 10.1. The van der Waals surface area contributed by atoms with Crippen molar-refractivity contribution in [2.45, 2.75) is 9.79 Å². The first kappa shape index (κ1) is 12.9. The standard InChI is InChI=1S/C7H7.CF3.ClH.Zn/c1-7-5-3-2-4-6-7;2-1(3)4;;/h2-6H,1H2;;1H;. The van der Waals surface area contributed by atoms with Crippen LogP contribution >= 0.6 is 12.4 Å². The molecule has 0 atom stereocenters. The molecule has 0 aliphatic rings. The third-order valence-corrected chi connectivity index (χ3v) is 4.47. The number of halogens is 4. The van der Waals surface area contributed by atoms with E-state index in [9.17, 15) is 13.2 Å². The summed E-state index contributed by atoms with van der Waals surface area (Å²) in [5, 5.41) is 0.261. The Kier molecular flexibility index (Phi) is 5.58. The van der Waals surface area contributed by atoms with E-state index in [1.54, 1.807) is 24.3 Å². The first-order chi connectivity index (χ1) is 5.58. The number of benzene rings is 1. The van der Waals surface area contributed by atoms with Gasteiger partial charge < -0.3 is 0 Å². The van der Waals surface area contributed by atoms with Crippen molar-refractivity contribution >= 4 is 12.4 Å². The summed E-state index contributed by atoms with van der Waals surface area (Å²) in [5.74, 6) is 0. The van der Waals surface area contributed by atoms with Crippen molar-refractivity contribution in [3.8, 4) is 0 Å². The Labute approximate surface area is 88.5 Å². The number of rotatable bonds is 2. The third-order valence-electron chi connectivity index (χ3n) is 1.54. The van der Waals surface area contributed by atoms with Gasteiger partial charge in [0.1, 0.15) is 0 Å². The van der Waals surface area contributed by atoms with Gasteiger partial charge >= 0.3 is 76.0 Å². The van der Waals surface area contributed by atoms with Crippen LogP contribution in [0, 0.1) is 0 Å². The molecule has 70 valence electrons. The van der Waals surface area contributed by atoms with Crippen molar-refractivity contribution in [3.63, 3.8) is 0 Å². The van der Waals surface area contributed by atoms with Crippen LogP contribution in [0.5, 0.6) is 0 Å². The van der Waals surface area contributed by atoms with Crippen LogP contribution in [0.25, 0.3) is 0 Å². The fourth-order valence-electron chi connectivity index (χ4n) is 0.931. The summed E-state index contributed by atoms with van der Waals surface area (Å²) in [7, 11) is 0. The van der Waals surface area contributed by atoms with Crippen molar-refractivity contribution in [3.05, 3.63) is 35.9 Å². The summed E-state index contributed by atoms with van der Waals surface area (Å²) >= 11 is -2.37. The van der Waals surface area contributed by atoms with E-state index in [4.69, 9.17) is 0 Å². The van der Waals surface area contributed by atoms with E-state index in [0.717, 1.165) is 5.56 Å². The maximum atomic E-state index is 11.8. The minimum atomic E-state index is -3.86. The average Bonchev–Trinajstić information content (AvgIpc) is 2.02. The van der Waals surface area contributed by atoms with Crippen molar-refractivity contribution in [1.29, 1.82) is 0 Å². The SMILES string of the molecule is Cl.F[C](F)(F)[Zn][CH2]c1ccccc1. The van der Waals surface area contributed by atoms with Gasteiger partial charge in [0.25, 0.3) is 0 Å². The molecule has 0 saturated carbocycles. The van der Waals surface area contributed by atoms with Gasteiger partial charge in [-0.25, -0.2) is 0 Å². The molecule has 0 bridgehead atoms. The molecular formula is C8H8ClF3Zn. The van der Waals surface area contributed by atoms with E-state index < -0.39 is 21.9 Å². The Balaban J connectivity index is 0.00000144. The van der Waals surface area contributed by atoms with Crippen molar-refractivity contribution in [2.75, 3.05) is 0 Å². The molecule has 0 nitrogen and oxygen atoms in total. The molecule has 0 aliphatic heterocycles. The molecule has 0 spiro atoms. The van der Waals surface area contributed by atoms with Crippen LogP contribution < -0.4 is 0 Å². The van der Waals surface area contributed by atoms with Crippen molar-refractivity contribution in [2.24, 2.45) is 0 Å². The predicted molar refractivity (Wildman–Crippen MR) is 43.4 cm³/mol. The predicted octanol–water partition coefficient (Wildman–Crippen LogP) is 3.21. The molecule has 0 saturated heterocycles. The van der Waals surface area contributed by atoms with Crippen molar-refractivity contribution < 1.29 is 30.3 Å². The van der Waals surface area contributed by atoms with E-state index in [2.05, 4.69) is 0 Å². The van der Waals surface area contributed by atoms with Gasteiger partial charge in [-0.2, -0.15) is 0 Å². The van der Waals surface area contributed by atoms with Crippen molar-refractivity contribution in [1.82, 2.24) is 0 Å². The van der Waals surface area contributed by atoms with E-state index in [0.29, 0.717) is 0 Å². The summed E-state index contributed by atoms with van der Waals surface area (Å²) in [5.41, 5.74) is 0.815. The van der Waals surface area contributed by atoms with Crippen LogP contribution in [0.2, 0.25) is 0 Å². The molecule has 0 aromatic heterocycles. The second-order valence-corrected chi connectivity index (χ2v) is 6.38. The molecule has 0 aliphatic carbocycles. The molecule has 0 unspecified atom stereocenters. The second-order valence-electron chi connectivity index (χ2n) is 2.60. The zero-order chi connectivity index (χ0) is 9.03. The van der Waals surface area contributed by atoms with Gasteiger partial charge in [0.2, 0.25) is 0 Å². The topological polar surface area (TPSA) is 0 Å². The van der Waals surface area contributed by atoms with E-state index in [-0.39, 0.29) is 17.4 Å². The molecule has 0 fully saturated rings. The summed E-state index contributed by atoms with van der Waals surface area (Å²) in [6.07, 6.45) is 0. The Morgan fingerprint density at radius 3 is 2.08 bits per heavy atom. The van der Waals surface area contributed by atoms with Crippen LogP contribution in [-0.2, 0) is 22.1 Å². The van der Waals surface area contributed by atoms with Gasteiger partial charge in [-0.05, 0) is 0 Å². The first-order valence-electron chi connectivity index (χ1n) is 3.68. The van der Waals surface area contributed by atoms with Crippen LogP contribution in [0.3, 0.4) is 0 Å². The Morgan fingerprint density at radius 2 is 1.62 bits per heavy atom. The van der Waals surface area contributed by atoms with Gasteiger partial charge in [-0.3, -0.25) is 0 Å². The van der Waals surface area contributed by atoms with Crippen LogP contribution in [0.15, 0.2) is 30.3 Å². The summed E-state index contributed by atoms with van der Waals surface area (Å²) in [4.78, 5) is 0. The average molecular weight is 262 g/mol. The molecule has 0 heterocycles.